The van der Waals surface area contributed by atoms with Gasteiger partial charge in [-0.25, -0.2) is 8.42 Å². The average molecular weight is 536 g/mol. The first-order chi connectivity index (χ1) is 17.4. The lowest BCUT2D eigenvalue weighted by atomic mass is 10.1. The molecule has 2 rings (SSSR count). The fourth-order valence-corrected chi connectivity index (χ4v) is 4.71. The molecule has 0 aliphatic carbocycles. The molecule has 204 valence electrons. The maximum absolute atomic E-state index is 13.8. The normalized spacial score (nSPS) is 12.0. The van der Waals surface area contributed by atoms with E-state index in [1.165, 1.54) is 31.3 Å². The lowest BCUT2D eigenvalue weighted by molar-refractivity contribution is -0.140. The number of nitrogens with zero attached hydrogens (tertiary/aromatic N) is 2. The van der Waals surface area contributed by atoms with Gasteiger partial charge in [-0.15, -0.1) is 0 Å². The van der Waals surface area contributed by atoms with Crippen LogP contribution in [0.1, 0.15) is 32.8 Å². The van der Waals surface area contributed by atoms with Gasteiger partial charge >= 0.3 is 0 Å². The number of sulfonamides is 1. The number of nitrogens with one attached hydrogen (secondary N) is 1. The predicted octanol–water partition coefficient (Wildman–Crippen LogP) is 2.81. The van der Waals surface area contributed by atoms with Gasteiger partial charge < -0.3 is 24.4 Å². The van der Waals surface area contributed by atoms with Gasteiger partial charge in [0.25, 0.3) is 0 Å². The van der Waals surface area contributed by atoms with E-state index in [0.29, 0.717) is 17.9 Å². The second kappa shape index (κ2) is 13.2. The topological polar surface area (TPSA) is 114 Å². The van der Waals surface area contributed by atoms with Crippen LogP contribution in [0.4, 0.5) is 5.69 Å². The molecule has 0 spiro atoms. The minimum atomic E-state index is -3.91. The Morgan fingerprint density at radius 2 is 1.62 bits per heavy atom. The third-order valence-corrected chi connectivity index (χ3v) is 6.77. The van der Waals surface area contributed by atoms with Crippen LogP contribution in [0.3, 0.4) is 0 Å². The zero-order chi connectivity index (χ0) is 27.8. The molecule has 0 radical (unpaired) electrons. The van der Waals surface area contributed by atoms with Gasteiger partial charge in [-0.3, -0.25) is 13.9 Å². The second-order valence-corrected chi connectivity index (χ2v) is 10.7. The van der Waals surface area contributed by atoms with Crippen LogP contribution in [0.5, 0.6) is 17.2 Å². The lowest BCUT2D eigenvalue weighted by Crippen LogP contribution is -2.53. The van der Waals surface area contributed by atoms with Gasteiger partial charge in [-0.1, -0.05) is 19.1 Å². The standard InChI is InChI=1S/C26H37N3O7S/c1-8-22(26(31)27-18(2)3)28(16-19-10-9-11-20(14-19)34-4)25(30)17-29(37(7,32)33)23-13-12-21(35-5)15-24(23)36-6/h9-15,18,22H,8,16-17H2,1-7H3,(H,27,31)/t22-/m1/s1. The van der Waals surface area contributed by atoms with Crippen LogP contribution >= 0.6 is 0 Å². The highest BCUT2D eigenvalue weighted by Gasteiger charge is 2.33. The van der Waals surface area contributed by atoms with E-state index < -0.39 is 28.5 Å². The number of benzene rings is 2. The third kappa shape index (κ3) is 8.01. The highest BCUT2D eigenvalue weighted by molar-refractivity contribution is 7.92. The van der Waals surface area contributed by atoms with Crippen molar-refractivity contribution in [1.29, 1.82) is 0 Å². The molecule has 1 N–H and O–H groups in total. The van der Waals surface area contributed by atoms with Crippen molar-refractivity contribution < 1.29 is 32.2 Å². The molecule has 0 aliphatic heterocycles. The van der Waals surface area contributed by atoms with Crippen LogP contribution in [0.25, 0.3) is 0 Å². The summed E-state index contributed by atoms with van der Waals surface area (Å²) in [4.78, 5) is 28.3. The van der Waals surface area contributed by atoms with E-state index in [1.54, 1.807) is 38.3 Å². The van der Waals surface area contributed by atoms with Gasteiger partial charge in [0.2, 0.25) is 21.8 Å². The Morgan fingerprint density at radius 1 is 0.973 bits per heavy atom. The van der Waals surface area contributed by atoms with Gasteiger partial charge in [0.1, 0.15) is 29.8 Å². The van der Waals surface area contributed by atoms with Crippen molar-refractivity contribution in [3.05, 3.63) is 48.0 Å². The molecule has 0 bridgehead atoms. The van der Waals surface area contributed by atoms with Gasteiger partial charge in [0.05, 0.1) is 33.3 Å². The molecule has 2 aromatic carbocycles. The maximum atomic E-state index is 13.8. The highest BCUT2D eigenvalue weighted by atomic mass is 32.2. The molecule has 0 saturated heterocycles. The molecular formula is C26H37N3O7S. The number of anilines is 1. The molecule has 2 amide bonds. The fourth-order valence-electron chi connectivity index (χ4n) is 3.85. The van der Waals surface area contributed by atoms with Crippen molar-refractivity contribution in [2.75, 3.05) is 38.4 Å². The minimum absolute atomic E-state index is 0.0808. The summed E-state index contributed by atoms with van der Waals surface area (Å²) in [7, 11) is 0.515. The summed E-state index contributed by atoms with van der Waals surface area (Å²) >= 11 is 0. The number of rotatable bonds is 13. The number of hydrogen-bond donors (Lipinski definition) is 1. The number of ether oxygens (including phenoxy) is 3. The van der Waals surface area contributed by atoms with Crippen molar-refractivity contribution in [2.24, 2.45) is 0 Å². The molecule has 2 aromatic rings. The van der Waals surface area contributed by atoms with Crippen LogP contribution in [-0.4, -0.2) is 71.3 Å². The Morgan fingerprint density at radius 3 is 2.16 bits per heavy atom. The third-order valence-electron chi connectivity index (χ3n) is 5.64. The van der Waals surface area contributed by atoms with Crippen LogP contribution in [0, 0.1) is 0 Å². The smallest absolute Gasteiger partial charge is 0.244 e. The van der Waals surface area contributed by atoms with Crippen LogP contribution in [-0.2, 0) is 26.2 Å². The molecule has 0 saturated carbocycles. The van der Waals surface area contributed by atoms with Crippen molar-refractivity contribution >= 4 is 27.5 Å². The van der Waals surface area contributed by atoms with Gasteiger partial charge in [-0.2, -0.15) is 0 Å². The molecule has 37 heavy (non-hydrogen) atoms. The zero-order valence-electron chi connectivity index (χ0n) is 22.5. The van der Waals surface area contributed by atoms with Crippen molar-refractivity contribution in [1.82, 2.24) is 10.2 Å². The average Bonchev–Trinajstić information content (AvgIpc) is 2.85. The van der Waals surface area contributed by atoms with Gasteiger partial charge in [0, 0.05) is 18.7 Å². The quantitative estimate of drug-likeness (QED) is 0.419. The summed E-state index contributed by atoms with van der Waals surface area (Å²) in [6, 6.07) is 10.8. The van der Waals surface area contributed by atoms with E-state index in [1.807, 2.05) is 19.9 Å². The summed E-state index contributed by atoms with van der Waals surface area (Å²) in [6.07, 6.45) is 1.35. The molecule has 1 atom stereocenters. The molecular weight excluding hydrogens is 498 g/mol. The zero-order valence-corrected chi connectivity index (χ0v) is 23.3. The van der Waals surface area contributed by atoms with Crippen LogP contribution < -0.4 is 23.8 Å². The molecule has 0 aromatic heterocycles. The Balaban J connectivity index is 2.52. The summed E-state index contributed by atoms with van der Waals surface area (Å²) in [5.74, 6) is 0.432. The SMILES string of the molecule is CC[C@H](C(=O)NC(C)C)N(Cc1cccc(OC)c1)C(=O)CN(c1ccc(OC)cc1OC)S(C)(=O)=O. The van der Waals surface area contributed by atoms with E-state index in [9.17, 15) is 18.0 Å². The summed E-state index contributed by atoms with van der Waals surface area (Å²) in [6.45, 7) is 5.02. The summed E-state index contributed by atoms with van der Waals surface area (Å²) < 4.78 is 42.6. The first-order valence-corrected chi connectivity index (χ1v) is 13.7. The molecule has 0 heterocycles. The number of carbonyl (C=O) groups is 2. The van der Waals surface area contributed by atoms with Crippen molar-refractivity contribution in [3.63, 3.8) is 0 Å². The number of carbonyl (C=O) groups excluding carboxylic acids is 2. The van der Waals surface area contributed by atoms with Gasteiger partial charge in [0.15, 0.2) is 0 Å². The van der Waals surface area contributed by atoms with Crippen molar-refractivity contribution in [2.45, 2.75) is 45.8 Å². The predicted molar refractivity (Wildman–Crippen MR) is 143 cm³/mol. The monoisotopic (exact) mass is 535 g/mol. The maximum Gasteiger partial charge on any atom is 0.244 e. The fraction of sp³-hybridized carbons (Fsp3) is 0.462. The van der Waals surface area contributed by atoms with E-state index >= 15 is 0 Å². The molecule has 0 unspecified atom stereocenters. The largest absolute Gasteiger partial charge is 0.497 e. The van der Waals surface area contributed by atoms with Crippen LogP contribution in [0.15, 0.2) is 42.5 Å². The van der Waals surface area contributed by atoms with Gasteiger partial charge in [-0.05, 0) is 50.1 Å². The number of methoxy groups -OCH3 is 3. The Labute approximate surface area is 219 Å². The van der Waals surface area contributed by atoms with E-state index in [-0.39, 0.29) is 29.9 Å². The first-order valence-electron chi connectivity index (χ1n) is 11.9. The van der Waals surface area contributed by atoms with E-state index in [0.717, 1.165) is 16.1 Å². The summed E-state index contributed by atoms with van der Waals surface area (Å²) in [5, 5.41) is 2.86. The molecule has 10 nitrogen and oxygen atoms in total. The molecule has 0 aliphatic rings. The van der Waals surface area contributed by atoms with Crippen molar-refractivity contribution in [3.8, 4) is 17.2 Å². The van der Waals surface area contributed by atoms with E-state index in [4.69, 9.17) is 14.2 Å². The highest BCUT2D eigenvalue weighted by Crippen LogP contribution is 2.33. The Kier molecular flexibility index (Phi) is 10.6. The Bertz CT molecular complexity index is 1180. The lowest BCUT2D eigenvalue weighted by Gasteiger charge is -2.33. The number of amides is 2. The minimum Gasteiger partial charge on any atom is -0.497 e. The summed E-state index contributed by atoms with van der Waals surface area (Å²) in [5.41, 5.74) is 0.914. The van der Waals surface area contributed by atoms with E-state index in [2.05, 4.69) is 5.32 Å². The molecule has 0 fully saturated rings. The first kappa shape index (κ1) is 29.8. The molecule has 11 heteroatoms. The number of hydrogen-bond acceptors (Lipinski definition) is 7. The van der Waals surface area contributed by atoms with Crippen LogP contribution in [0.2, 0.25) is 0 Å². The Hall–Kier alpha value is -3.47. The second-order valence-electron chi connectivity index (χ2n) is 8.77.